The maximum atomic E-state index is 11.6. The second-order valence-electron chi connectivity index (χ2n) is 4.20. The van der Waals surface area contributed by atoms with Crippen LogP contribution in [0.1, 0.15) is 19.4 Å². The van der Waals surface area contributed by atoms with Crippen molar-refractivity contribution in [1.82, 2.24) is 0 Å². The Balaban J connectivity index is 2.92. The van der Waals surface area contributed by atoms with Gasteiger partial charge in [-0.2, -0.15) is 5.26 Å². The van der Waals surface area contributed by atoms with Gasteiger partial charge in [0.1, 0.15) is 12.1 Å². The Labute approximate surface area is 112 Å². The van der Waals surface area contributed by atoms with E-state index in [0.29, 0.717) is 16.3 Å². The molecule has 1 aromatic rings. The van der Waals surface area contributed by atoms with E-state index in [2.05, 4.69) is 5.32 Å². The van der Waals surface area contributed by atoms with Crippen molar-refractivity contribution in [3.63, 3.8) is 0 Å². The number of rotatable bonds is 4. The Morgan fingerprint density at radius 3 is 2.61 bits per heavy atom. The molecule has 0 radical (unpaired) electrons. The summed E-state index contributed by atoms with van der Waals surface area (Å²) in [5.41, 5.74) is 1.09. The first-order chi connectivity index (χ1) is 8.49. The van der Waals surface area contributed by atoms with Gasteiger partial charge < -0.3 is 10.1 Å². The molecule has 0 aliphatic carbocycles. The van der Waals surface area contributed by atoms with Crippen molar-refractivity contribution in [2.75, 3.05) is 12.4 Å². The fourth-order valence-corrected chi connectivity index (χ4v) is 1.72. The van der Waals surface area contributed by atoms with Crippen LogP contribution >= 0.6 is 11.6 Å². The van der Waals surface area contributed by atoms with E-state index < -0.39 is 6.04 Å². The molecule has 0 heterocycles. The van der Waals surface area contributed by atoms with Crippen molar-refractivity contribution in [2.24, 2.45) is 5.92 Å². The molecule has 0 spiro atoms. The van der Waals surface area contributed by atoms with Crippen LogP contribution in [-0.4, -0.2) is 19.1 Å². The van der Waals surface area contributed by atoms with Crippen LogP contribution < -0.4 is 5.32 Å². The monoisotopic (exact) mass is 266 g/mol. The first-order valence-electron chi connectivity index (χ1n) is 5.53. The SMILES string of the molecule is COC(=O)C(Nc1ccc(C#N)c(Cl)c1)C(C)C. The molecule has 5 heteroatoms. The molecular formula is C13H15ClN2O2. The van der Waals surface area contributed by atoms with Gasteiger partial charge in [-0.3, -0.25) is 0 Å². The van der Waals surface area contributed by atoms with Gasteiger partial charge >= 0.3 is 5.97 Å². The van der Waals surface area contributed by atoms with Gasteiger partial charge in [0.05, 0.1) is 17.7 Å². The van der Waals surface area contributed by atoms with Crippen LogP contribution in [0, 0.1) is 17.2 Å². The summed E-state index contributed by atoms with van der Waals surface area (Å²) >= 11 is 5.93. The molecule has 1 N–H and O–H groups in total. The minimum absolute atomic E-state index is 0.0758. The Kier molecular flexibility index (Phi) is 4.99. The summed E-state index contributed by atoms with van der Waals surface area (Å²) in [5, 5.41) is 12.2. The van der Waals surface area contributed by atoms with Crippen molar-refractivity contribution in [1.29, 1.82) is 5.26 Å². The highest BCUT2D eigenvalue weighted by Crippen LogP contribution is 2.22. The van der Waals surface area contributed by atoms with Gasteiger partial charge in [0, 0.05) is 5.69 Å². The fraction of sp³-hybridized carbons (Fsp3) is 0.385. The Morgan fingerprint density at radius 2 is 2.17 bits per heavy atom. The topological polar surface area (TPSA) is 62.1 Å². The van der Waals surface area contributed by atoms with Crippen LogP contribution in [0.3, 0.4) is 0 Å². The zero-order chi connectivity index (χ0) is 13.7. The maximum absolute atomic E-state index is 11.6. The summed E-state index contributed by atoms with van der Waals surface area (Å²) in [7, 11) is 1.35. The number of methoxy groups -OCH3 is 1. The number of anilines is 1. The summed E-state index contributed by atoms with van der Waals surface area (Å²) in [6.45, 7) is 3.83. The normalized spacial score (nSPS) is 11.8. The molecule has 0 saturated heterocycles. The van der Waals surface area contributed by atoms with Gasteiger partial charge in [-0.25, -0.2) is 4.79 Å². The number of hydrogen-bond donors (Lipinski definition) is 1. The van der Waals surface area contributed by atoms with Crippen LogP contribution in [0.25, 0.3) is 0 Å². The number of benzene rings is 1. The lowest BCUT2D eigenvalue weighted by Gasteiger charge is -2.21. The van der Waals surface area contributed by atoms with Crippen LogP contribution in [0.5, 0.6) is 0 Å². The lowest BCUT2D eigenvalue weighted by Crippen LogP contribution is -2.35. The van der Waals surface area contributed by atoms with Gasteiger partial charge in [0.15, 0.2) is 0 Å². The standard InChI is InChI=1S/C13H15ClN2O2/c1-8(2)12(13(17)18-3)16-10-5-4-9(7-15)11(14)6-10/h4-6,8,12,16H,1-3H3. The molecule has 96 valence electrons. The summed E-state index contributed by atoms with van der Waals surface area (Å²) in [5.74, 6) is -0.252. The zero-order valence-corrected chi connectivity index (χ0v) is 11.3. The number of nitriles is 1. The van der Waals surface area contributed by atoms with E-state index in [1.165, 1.54) is 7.11 Å². The third-order valence-electron chi connectivity index (χ3n) is 2.53. The van der Waals surface area contributed by atoms with Gasteiger partial charge in [-0.05, 0) is 24.1 Å². The number of halogens is 1. The Hall–Kier alpha value is -1.73. The molecule has 1 rings (SSSR count). The van der Waals surface area contributed by atoms with Crippen LogP contribution in [0.4, 0.5) is 5.69 Å². The first-order valence-corrected chi connectivity index (χ1v) is 5.91. The molecule has 0 saturated carbocycles. The lowest BCUT2D eigenvalue weighted by molar-refractivity contribution is -0.142. The number of esters is 1. The van der Waals surface area contributed by atoms with Crippen molar-refractivity contribution in [2.45, 2.75) is 19.9 Å². The van der Waals surface area contributed by atoms with Gasteiger partial charge in [-0.1, -0.05) is 25.4 Å². The highest BCUT2D eigenvalue weighted by Gasteiger charge is 2.22. The molecular weight excluding hydrogens is 252 g/mol. The average Bonchev–Trinajstić information content (AvgIpc) is 2.35. The third kappa shape index (κ3) is 3.38. The summed E-state index contributed by atoms with van der Waals surface area (Å²) in [4.78, 5) is 11.6. The molecule has 0 fully saturated rings. The number of nitrogens with one attached hydrogen (secondary N) is 1. The molecule has 0 amide bonds. The maximum Gasteiger partial charge on any atom is 0.328 e. The molecule has 18 heavy (non-hydrogen) atoms. The minimum atomic E-state index is -0.445. The van der Waals surface area contributed by atoms with Crippen molar-refractivity contribution < 1.29 is 9.53 Å². The van der Waals surface area contributed by atoms with Crippen molar-refractivity contribution >= 4 is 23.3 Å². The molecule has 1 unspecified atom stereocenters. The number of hydrogen-bond acceptors (Lipinski definition) is 4. The van der Waals surface area contributed by atoms with E-state index in [1.807, 2.05) is 19.9 Å². The van der Waals surface area contributed by atoms with E-state index in [1.54, 1.807) is 18.2 Å². The molecule has 0 bridgehead atoms. The second-order valence-corrected chi connectivity index (χ2v) is 4.60. The molecule has 4 nitrogen and oxygen atoms in total. The van der Waals surface area contributed by atoms with E-state index in [-0.39, 0.29) is 11.9 Å². The van der Waals surface area contributed by atoms with Crippen LogP contribution in [0.15, 0.2) is 18.2 Å². The molecule has 1 atom stereocenters. The number of carbonyl (C=O) groups excluding carboxylic acids is 1. The quantitative estimate of drug-likeness (QED) is 0.851. The number of carbonyl (C=O) groups is 1. The molecule has 0 aliphatic rings. The van der Waals surface area contributed by atoms with Crippen molar-refractivity contribution in [3.05, 3.63) is 28.8 Å². The summed E-state index contributed by atoms with van der Waals surface area (Å²) in [6.07, 6.45) is 0. The molecule has 0 aliphatic heterocycles. The summed E-state index contributed by atoms with van der Waals surface area (Å²) < 4.78 is 4.73. The highest BCUT2D eigenvalue weighted by molar-refractivity contribution is 6.32. The minimum Gasteiger partial charge on any atom is -0.467 e. The highest BCUT2D eigenvalue weighted by atomic mass is 35.5. The zero-order valence-electron chi connectivity index (χ0n) is 10.5. The lowest BCUT2D eigenvalue weighted by atomic mass is 10.0. The fourth-order valence-electron chi connectivity index (χ4n) is 1.50. The summed E-state index contributed by atoms with van der Waals surface area (Å²) in [6, 6.07) is 6.48. The Morgan fingerprint density at radius 1 is 1.50 bits per heavy atom. The molecule has 0 aromatic heterocycles. The number of ether oxygens (including phenoxy) is 1. The average molecular weight is 267 g/mol. The van der Waals surface area contributed by atoms with Gasteiger partial charge in [0.2, 0.25) is 0 Å². The van der Waals surface area contributed by atoms with E-state index in [4.69, 9.17) is 21.6 Å². The predicted molar refractivity (Wildman–Crippen MR) is 70.4 cm³/mol. The third-order valence-corrected chi connectivity index (χ3v) is 2.85. The van der Waals surface area contributed by atoms with E-state index in [9.17, 15) is 4.79 Å². The predicted octanol–water partition coefficient (Wildman–Crippen LogP) is 2.82. The van der Waals surface area contributed by atoms with Gasteiger partial charge in [0.25, 0.3) is 0 Å². The Bertz CT molecular complexity index is 480. The largest absolute Gasteiger partial charge is 0.467 e. The van der Waals surface area contributed by atoms with Crippen LogP contribution in [0.2, 0.25) is 5.02 Å². The molecule has 1 aromatic carbocycles. The smallest absolute Gasteiger partial charge is 0.328 e. The van der Waals surface area contributed by atoms with E-state index >= 15 is 0 Å². The van der Waals surface area contributed by atoms with Crippen molar-refractivity contribution in [3.8, 4) is 6.07 Å². The van der Waals surface area contributed by atoms with Crippen LogP contribution in [-0.2, 0) is 9.53 Å². The first kappa shape index (κ1) is 14.3. The van der Waals surface area contributed by atoms with Gasteiger partial charge in [-0.15, -0.1) is 0 Å². The number of nitrogens with zero attached hydrogens (tertiary/aromatic N) is 1. The van der Waals surface area contributed by atoms with E-state index in [0.717, 1.165) is 0 Å². The second kappa shape index (κ2) is 6.27.